The predicted molar refractivity (Wildman–Crippen MR) is 56.8 cm³/mol. The number of hydrogen-bond acceptors (Lipinski definition) is 2. The van der Waals surface area contributed by atoms with Crippen LogP contribution in [0.2, 0.25) is 0 Å². The molecule has 1 aromatic rings. The molecule has 2 rings (SSSR count). The van der Waals surface area contributed by atoms with Crippen molar-refractivity contribution < 1.29 is 0 Å². The number of aromatic nitrogens is 1. The Bertz CT molecular complexity index is 443. The fraction of sp³-hybridized carbons (Fsp3) is 0.182. The normalized spacial score (nSPS) is 15.5. The smallest absolute Gasteiger partial charge is 0.255 e. The Morgan fingerprint density at radius 3 is 3.07 bits per heavy atom. The van der Waals surface area contributed by atoms with Crippen LogP contribution in [-0.4, -0.2) is 23.5 Å². The van der Waals surface area contributed by atoms with E-state index in [4.69, 9.17) is 0 Å². The third-order valence-electron chi connectivity index (χ3n) is 2.22. The lowest BCUT2D eigenvalue weighted by molar-refractivity contribution is 0.512. The zero-order chi connectivity index (χ0) is 9.97. The molecule has 3 heteroatoms. The van der Waals surface area contributed by atoms with Crippen LogP contribution in [0.15, 0.2) is 41.5 Å². The molecule has 1 aliphatic rings. The Balaban J connectivity index is 2.41. The van der Waals surface area contributed by atoms with Gasteiger partial charge in [0.15, 0.2) is 0 Å². The molecule has 0 atom stereocenters. The van der Waals surface area contributed by atoms with Gasteiger partial charge in [0.05, 0.1) is 0 Å². The molecular formula is C11H12N2O. The summed E-state index contributed by atoms with van der Waals surface area (Å²) in [5.41, 5.74) is 1.78. The summed E-state index contributed by atoms with van der Waals surface area (Å²) in [4.78, 5) is 16.2. The zero-order valence-electron chi connectivity index (χ0n) is 8.03. The number of nitrogens with one attached hydrogen (secondary N) is 1. The number of hydrogen-bond donors (Lipinski definition) is 1. The van der Waals surface area contributed by atoms with E-state index in [1.165, 1.54) is 0 Å². The molecule has 0 aromatic carbocycles. The van der Waals surface area contributed by atoms with Gasteiger partial charge < -0.3 is 9.88 Å². The number of nitrogens with zero attached hydrogens (tertiary/aromatic N) is 1. The van der Waals surface area contributed by atoms with Crippen molar-refractivity contribution in [3.63, 3.8) is 0 Å². The molecule has 0 radical (unpaired) electrons. The second-order valence-electron chi connectivity index (χ2n) is 3.36. The summed E-state index contributed by atoms with van der Waals surface area (Å²) in [5, 5.41) is 0. The average molecular weight is 188 g/mol. The number of rotatable bonds is 1. The summed E-state index contributed by atoms with van der Waals surface area (Å²) < 4.78 is 0. The fourth-order valence-electron chi connectivity index (χ4n) is 1.53. The van der Waals surface area contributed by atoms with E-state index < -0.39 is 0 Å². The van der Waals surface area contributed by atoms with Gasteiger partial charge >= 0.3 is 0 Å². The van der Waals surface area contributed by atoms with Gasteiger partial charge in [-0.1, -0.05) is 6.08 Å². The van der Waals surface area contributed by atoms with E-state index in [1.54, 1.807) is 6.20 Å². The summed E-state index contributed by atoms with van der Waals surface area (Å²) in [7, 11) is 1.99. The summed E-state index contributed by atoms with van der Waals surface area (Å²) in [6.07, 6.45) is 7.56. The second kappa shape index (κ2) is 3.54. The first-order chi connectivity index (χ1) is 6.77. The molecule has 0 spiro atoms. The Hall–Kier alpha value is -1.77. The topological polar surface area (TPSA) is 36.1 Å². The van der Waals surface area contributed by atoms with Gasteiger partial charge in [-0.25, -0.2) is 0 Å². The lowest BCUT2D eigenvalue weighted by atomic mass is 10.1. The van der Waals surface area contributed by atoms with Crippen LogP contribution >= 0.6 is 0 Å². The second-order valence-corrected chi connectivity index (χ2v) is 3.36. The molecule has 0 saturated carbocycles. The molecule has 1 aliphatic heterocycles. The Morgan fingerprint density at radius 2 is 2.36 bits per heavy atom. The molecule has 3 nitrogen and oxygen atoms in total. The van der Waals surface area contributed by atoms with Crippen molar-refractivity contribution in [1.29, 1.82) is 0 Å². The van der Waals surface area contributed by atoms with Crippen molar-refractivity contribution in [1.82, 2.24) is 9.88 Å². The van der Waals surface area contributed by atoms with Crippen LogP contribution in [0.25, 0.3) is 5.57 Å². The standard InChI is InChI=1S/C11H12N2O/c1-13-7-3-4-9(8-13)10-5-2-6-12-11(10)14/h2-7H,8H2,1H3,(H,12,14). The lowest BCUT2D eigenvalue weighted by Gasteiger charge is -2.19. The number of likely N-dealkylation sites (N-methyl/N-ethyl adjacent to an activating group) is 1. The first-order valence-corrected chi connectivity index (χ1v) is 4.53. The highest BCUT2D eigenvalue weighted by Gasteiger charge is 2.08. The van der Waals surface area contributed by atoms with E-state index in [-0.39, 0.29) is 5.56 Å². The van der Waals surface area contributed by atoms with Crippen LogP contribution in [-0.2, 0) is 0 Å². The molecule has 0 saturated heterocycles. The predicted octanol–water partition coefficient (Wildman–Crippen LogP) is 1.22. The van der Waals surface area contributed by atoms with Crippen molar-refractivity contribution in [3.05, 3.63) is 52.6 Å². The number of allylic oxidation sites excluding steroid dienone is 2. The van der Waals surface area contributed by atoms with Crippen LogP contribution < -0.4 is 5.56 Å². The van der Waals surface area contributed by atoms with Crippen molar-refractivity contribution >= 4 is 5.57 Å². The third kappa shape index (κ3) is 1.62. The van der Waals surface area contributed by atoms with Crippen molar-refractivity contribution in [2.45, 2.75) is 0 Å². The highest BCUT2D eigenvalue weighted by atomic mass is 16.1. The average Bonchev–Trinajstić information content (AvgIpc) is 2.18. The minimum absolute atomic E-state index is 0.0255. The van der Waals surface area contributed by atoms with Crippen LogP contribution in [0.4, 0.5) is 0 Å². The molecule has 0 aliphatic carbocycles. The summed E-state index contributed by atoms with van der Waals surface area (Å²) >= 11 is 0. The minimum Gasteiger partial charge on any atom is -0.376 e. The Kier molecular flexibility index (Phi) is 2.23. The molecule has 1 aromatic heterocycles. The van der Waals surface area contributed by atoms with Gasteiger partial charge in [0, 0.05) is 25.4 Å². The first-order valence-electron chi connectivity index (χ1n) is 4.53. The van der Waals surface area contributed by atoms with Crippen LogP contribution in [0.1, 0.15) is 5.56 Å². The zero-order valence-corrected chi connectivity index (χ0v) is 8.03. The van der Waals surface area contributed by atoms with E-state index >= 15 is 0 Å². The molecule has 2 heterocycles. The Labute approximate surface area is 82.4 Å². The molecule has 72 valence electrons. The maximum Gasteiger partial charge on any atom is 0.255 e. The summed E-state index contributed by atoms with van der Waals surface area (Å²) in [6.45, 7) is 0.781. The molecular weight excluding hydrogens is 176 g/mol. The van der Waals surface area contributed by atoms with E-state index in [0.29, 0.717) is 0 Å². The van der Waals surface area contributed by atoms with Gasteiger partial charge in [-0.05, 0) is 30.0 Å². The molecule has 0 unspecified atom stereocenters. The van der Waals surface area contributed by atoms with Gasteiger partial charge in [0.25, 0.3) is 5.56 Å². The van der Waals surface area contributed by atoms with Crippen LogP contribution in [0.3, 0.4) is 0 Å². The molecule has 0 bridgehead atoms. The monoisotopic (exact) mass is 188 g/mol. The molecule has 0 fully saturated rings. The Morgan fingerprint density at radius 1 is 1.50 bits per heavy atom. The number of pyridine rings is 1. The maximum atomic E-state index is 11.5. The van der Waals surface area contributed by atoms with Gasteiger partial charge in [-0.15, -0.1) is 0 Å². The van der Waals surface area contributed by atoms with Crippen LogP contribution in [0, 0.1) is 0 Å². The molecule has 0 amide bonds. The largest absolute Gasteiger partial charge is 0.376 e. The van der Waals surface area contributed by atoms with Gasteiger partial charge in [0.1, 0.15) is 0 Å². The maximum absolute atomic E-state index is 11.5. The highest BCUT2D eigenvalue weighted by Crippen LogP contribution is 2.14. The third-order valence-corrected chi connectivity index (χ3v) is 2.22. The first kappa shape index (κ1) is 8.81. The van der Waals surface area contributed by atoms with E-state index in [9.17, 15) is 4.79 Å². The van der Waals surface area contributed by atoms with Crippen LogP contribution in [0.5, 0.6) is 0 Å². The minimum atomic E-state index is -0.0255. The fourth-order valence-corrected chi connectivity index (χ4v) is 1.53. The number of H-pyrrole nitrogens is 1. The summed E-state index contributed by atoms with van der Waals surface area (Å²) in [6, 6.07) is 3.69. The van der Waals surface area contributed by atoms with E-state index in [0.717, 1.165) is 17.7 Å². The number of aromatic amines is 1. The lowest BCUT2D eigenvalue weighted by Crippen LogP contribution is -2.20. The van der Waals surface area contributed by atoms with Crippen molar-refractivity contribution in [2.75, 3.05) is 13.6 Å². The molecule has 14 heavy (non-hydrogen) atoms. The van der Waals surface area contributed by atoms with Gasteiger partial charge in [0.2, 0.25) is 0 Å². The van der Waals surface area contributed by atoms with Crippen molar-refractivity contribution in [3.8, 4) is 0 Å². The molecule has 1 N–H and O–H groups in total. The quantitative estimate of drug-likeness (QED) is 0.719. The SMILES string of the molecule is CN1C=CC=C(c2ccc[nH]c2=O)C1. The van der Waals surface area contributed by atoms with E-state index in [2.05, 4.69) is 4.98 Å². The van der Waals surface area contributed by atoms with E-state index in [1.807, 2.05) is 42.4 Å². The van der Waals surface area contributed by atoms with Gasteiger partial charge in [-0.3, -0.25) is 4.79 Å². The van der Waals surface area contributed by atoms with Gasteiger partial charge in [-0.2, -0.15) is 0 Å². The summed E-state index contributed by atoms with van der Waals surface area (Å²) in [5.74, 6) is 0. The highest BCUT2D eigenvalue weighted by molar-refractivity contribution is 5.68. The van der Waals surface area contributed by atoms with Crippen molar-refractivity contribution in [2.24, 2.45) is 0 Å².